The second kappa shape index (κ2) is 6.02. The van der Waals surface area contributed by atoms with Crippen molar-refractivity contribution in [2.24, 2.45) is 5.92 Å². The van der Waals surface area contributed by atoms with Crippen LogP contribution in [0.15, 0.2) is 0 Å². The number of nitrogens with one attached hydrogen (secondary N) is 1. The van der Waals surface area contributed by atoms with E-state index in [1.165, 1.54) is 25.7 Å². The standard InChI is InChI=1S/C16H28N2O2/c1-2-14-16(20)18(12-7-9-13(19)10-8-12)15(17-14)11-5-3-4-6-11/h11-15,17,19H,2-10H2,1H3. The first-order chi connectivity index (χ1) is 9.70. The van der Waals surface area contributed by atoms with Crippen molar-refractivity contribution in [3.05, 3.63) is 0 Å². The Labute approximate surface area is 121 Å². The van der Waals surface area contributed by atoms with Gasteiger partial charge in [0.2, 0.25) is 5.91 Å². The molecule has 1 heterocycles. The van der Waals surface area contributed by atoms with E-state index in [1.807, 2.05) is 0 Å². The Morgan fingerprint density at radius 3 is 2.40 bits per heavy atom. The molecular formula is C16H28N2O2. The van der Waals surface area contributed by atoms with E-state index in [4.69, 9.17) is 0 Å². The molecule has 2 aliphatic carbocycles. The SMILES string of the molecule is CCC1NC(C2CCCC2)N(C2CCC(O)CC2)C1=O. The normalized spacial score (nSPS) is 39.7. The third-order valence-corrected chi connectivity index (χ3v) is 5.54. The molecule has 1 amide bonds. The molecule has 0 aromatic carbocycles. The maximum absolute atomic E-state index is 12.7. The van der Waals surface area contributed by atoms with Gasteiger partial charge in [-0.1, -0.05) is 19.8 Å². The van der Waals surface area contributed by atoms with E-state index in [9.17, 15) is 9.90 Å². The van der Waals surface area contributed by atoms with Crippen LogP contribution in [0.25, 0.3) is 0 Å². The molecule has 0 aromatic heterocycles. The molecule has 0 bridgehead atoms. The first kappa shape index (κ1) is 14.3. The van der Waals surface area contributed by atoms with Crippen LogP contribution in [0.2, 0.25) is 0 Å². The smallest absolute Gasteiger partial charge is 0.241 e. The molecule has 114 valence electrons. The predicted molar refractivity (Wildman–Crippen MR) is 78.1 cm³/mol. The molecule has 1 aliphatic heterocycles. The lowest BCUT2D eigenvalue weighted by atomic mass is 9.90. The summed E-state index contributed by atoms with van der Waals surface area (Å²) in [5.41, 5.74) is 0. The van der Waals surface area contributed by atoms with Gasteiger partial charge < -0.3 is 10.0 Å². The number of hydrogen-bond acceptors (Lipinski definition) is 3. The monoisotopic (exact) mass is 280 g/mol. The minimum atomic E-state index is -0.149. The Hall–Kier alpha value is -0.610. The summed E-state index contributed by atoms with van der Waals surface area (Å²) < 4.78 is 0. The average molecular weight is 280 g/mol. The van der Waals surface area contributed by atoms with E-state index in [0.717, 1.165) is 32.1 Å². The van der Waals surface area contributed by atoms with E-state index in [2.05, 4.69) is 17.1 Å². The number of aliphatic hydroxyl groups excluding tert-OH is 1. The van der Waals surface area contributed by atoms with Crippen molar-refractivity contribution < 1.29 is 9.90 Å². The molecule has 3 rings (SSSR count). The van der Waals surface area contributed by atoms with Gasteiger partial charge in [-0.2, -0.15) is 0 Å². The molecule has 3 fully saturated rings. The van der Waals surface area contributed by atoms with Crippen molar-refractivity contribution in [3.8, 4) is 0 Å². The summed E-state index contributed by atoms with van der Waals surface area (Å²) in [5, 5.41) is 13.3. The topological polar surface area (TPSA) is 52.6 Å². The van der Waals surface area contributed by atoms with Gasteiger partial charge in [0, 0.05) is 6.04 Å². The van der Waals surface area contributed by atoms with Crippen LogP contribution in [0, 0.1) is 5.92 Å². The largest absolute Gasteiger partial charge is 0.393 e. The predicted octanol–water partition coefficient (Wildman–Crippen LogP) is 2.02. The van der Waals surface area contributed by atoms with Crippen LogP contribution in [0.1, 0.15) is 64.7 Å². The number of amides is 1. The molecule has 0 radical (unpaired) electrons. The number of hydrogen-bond donors (Lipinski definition) is 2. The van der Waals surface area contributed by atoms with Crippen LogP contribution in [0.5, 0.6) is 0 Å². The van der Waals surface area contributed by atoms with Crippen LogP contribution in [-0.4, -0.2) is 40.3 Å². The van der Waals surface area contributed by atoms with Gasteiger partial charge in [0.15, 0.2) is 0 Å². The lowest BCUT2D eigenvalue weighted by Gasteiger charge is -2.38. The zero-order valence-corrected chi connectivity index (χ0v) is 12.6. The zero-order chi connectivity index (χ0) is 14.1. The molecule has 3 aliphatic rings. The summed E-state index contributed by atoms with van der Waals surface area (Å²) in [6.07, 6.45) is 9.76. The lowest BCUT2D eigenvalue weighted by molar-refractivity contribution is -0.134. The van der Waals surface area contributed by atoms with Crippen molar-refractivity contribution >= 4 is 5.91 Å². The number of aliphatic hydroxyl groups is 1. The third-order valence-electron chi connectivity index (χ3n) is 5.54. The van der Waals surface area contributed by atoms with Gasteiger partial charge in [-0.25, -0.2) is 0 Å². The van der Waals surface area contributed by atoms with Gasteiger partial charge in [-0.3, -0.25) is 10.1 Å². The molecule has 4 nitrogen and oxygen atoms in total. The summed E-state index contributed by atoms with van der Waals surface area (Å²) in [5.74, 6) is 0.952. The van der Waals surface area contributed by atoms with E-state index in [1.54, 1.807) is 0 Å². The van der Waals surface area contributed by atoms with E-state index in [-0.39, 0.29) is 18.3 Å². The highest BCUT2D eigenvalue weighted by Crippen LogP contribution is 2.36. The highest BCUT2D eigenvalue weighted by molar-refractivity contribution is 5.84. The molecule has 0 aromatic rings. The first-order valence-corrected chi connectivity index (χ1v) is 8.47. The highest BCUT2D eigenvalue weighted by Gasteiger charge is 2.45. The van der Waals surface area contributed by atoms with Crippen molar-refractivity contribution in [1.29, 1.82) is 0 Å². The quantitative estimate of drug-likeness (QED) is 0.831. The van der Waals surface area contributed by atoms with Crippen LogP contribution < -0.4 is 5.32 Å². The second-order valence-corrected chi connectivity index (χ2v) is 6.82. The van der Waals surface area contributed by atoms with Crippen LogP contribution in [0.4, 0.5) is 0 Å². The molecule has 2 unspecified atom stereocenters. The highest BCUT2D eigenvalue weighted by atomic mass is 16.3. The van der Waals surface area contributed by atoms with E-state index in [0.29, 0.717) is 17.9 Å². The van der Waals surface area contributed by atoms with Crippen molar-refractivity contribution in [2.45, 2.75) is 89.1 Å². The van der Waals surface area contributed by atoms with Gasteiger partial charge >= 0.3 is 0 Å². The Morgan fingerprint density at radius 2 is 1.80 bits per heavy atom. The number of carbonyl (C=O) groups excluding carboxylic acids is 1. The van der Waals surface area contributed by atoms with Gasteiger partial charge in [-0.05, 0) is 50.9 Å². The van der Waals surface area contributed by atoms with Gasteiger partial charge in [-0.15, -0.1) is 0 Å². The summed E-state index contributed by atoms with van der Waals surface area (Å²) in [4.78, 5) is 14.9. The maximum atomic E-state index is 12.7. The summed E-state index contributed by atoms with van der Waals surface area (Å²) >= 11 is 0. The Morgan fingerprint density at radius 1 is 1.15 bits per heavy atom. The molecule has 2 saturated carbocycles. The Balaban J connectivity index is 1.74. The fourth-order valence-corrected chi connectivity index (χ4v) is 4.35. The minimum absolute atomic E-state index is 0.0208. The van der Waals surface area contributed by atoms with Gasteiger partial charge in [0.25, 0.3) is 0 Å². The van der Waals surface area contributed by atoms with Crippen LogP contribution >= 0.6 is 0 Å². The minimum Gasteiger partial charge on any atom is -0.393 e. The Kier molecular flexibility index (Phi) is 4.32. The van der Waals surface area contributed by atoms with E-state index < -0.39 is 0 Å². The summed E-state index contributed by atoms with van der Waals surface area (Å²) in [6.45, 7) is 2.09. The average Bonchev–Trinajstić information content (AvgIpc) is 3.07. The summed E-state index contributed by atoms with van der Waals surface area (Å²) in [7, 11) is 0. The lowest BCUT2D eigenvalue weighted by Crippen LogP contribution is -2.49. The van der Waals surface area contributed by atoms with Gasteiger partial charge in [0.1, 0.15) is 0 Å². The molecule has 4 heteroatoms. The van der Waals surface area contributed by atoms with Crippen molar-refractivity contribution in [2.75, 3.05) is 0 Å². The fraction of sp³-hybridized carbons (Fsp3) is 0.938. The van der Waals surface area contributed by atoms with Gasteiger partial charge in [0.05, 0.1) is 18.3 Å². The molecule has 1 saturated heterocycles. The van der Waals surface area contributed by atoms with E-state index >= 15 is 0 Å². The first-order valence-electron chi connectivity index (χ1n) is 8.47. The number of carbonyl (C=O) groups is 1. The van der Waals surface area contributed by atoms with Crippen LogP contribution in [0.3, 0.4) is 0 Å². The fourth-order valence-electron chi connectivity index (χ4n) is 4.35. The Bertz CT molecular complexity index is 346. The maximum Gasteiger partial charge on any atom is 0.241 e. The molecule has 2 atom stereocenters. The molecule has 2 N–H and O–H groups in total. The number of rotatable bonds is 3. The number of nitrogens with zero attached hydrogens (tertiary/aromatic N) is 1. The third kappa shape index (κ3) is 2.60. The molecule has 0 spiro atoms. The molecular weight excluding hydrogens is 252 g/mol. The summed E-state index contributed by atoms with van der Waals surface area (Å²) in [6, 6.07) is 0.369. The molecule has 20 heavy (non-hydrogen) atoms. The zero-order valence-electron chi connectivity index (χ0n) is 12.6. The second-order valence-electron chi connectivity index (χ2n) is 6.82. The van der Waals surface area contributed by atoms with Crippen molar-refractivity contribution in [3.63, 3.8) is 0 Å². The van der Waals surface area contributed by atoms with Crippen molar-refractivity contribution in [1.82, 2.24) is 10.2 Å². The van der Waals surface area contributed by atoms with Crippen LogP contribution in [-0.2, 0) is 4.79 Å².